The van der Waals surface area contributed by atoms with Gasteiger partial charge in [0.15, 0.2) is 0 Å². The van der Waals surface area contributed by atoms with E-state index >= 15 is 0 Å². The summed E-state index contributed by atoms with van der Waals surface area (Å²) in [5.74, 6) is 0. The second-order valence-corrected chi connectivity index (χ2v) is 12.9. The van der Waals surface area contributed by atoms with Crippen LogP contribution in [0.3, 0.4) is 0 Å². The molecule has 0 saturated heterocycles. The van der Waals surface area contributed by atoms with Gasteiger partial charge in [-0.3, -0.25) is 0 Å². The maximum atomic E-state index is 2.40. The third-order valence-electron chi connectivity index (χ3n) is 9.00. The van der Waals surface area contributed by atoms with Gasteiger partial charge < -0.3 is 4.90 Å². The minimum absolute atomic E-state index is 1.14. The van der Waals surface area contributed by atoms with E-state index in [9.17, 15) is 0 Å². The van der Waals surface area contributed by atoms with Gasteiger partial charge in [0.2, 0.25) is 0 Å². The standard InChI is InChI=1S/C44H29NS/c1-2-13-38(14-3-1)45(41-17-9-19-43-44(41)40-16-6-7-18-42(40)46-43)39-15-8-12-32(29-39)33-22-23-37-28-36(25-24-35(37)27-33)34-21-20-30-10-4-5-11-31(30)26-34/h1-29H. The fraction of sp³-hybridized carbons (Fsp3) is 0. The summed E-state index contributed by atoms with van der Waals surface area (Å²) in [7, 11) is 0. The fourth-order valence-electron chi connectivity index (χ4n) is 6.74. The third-order valence-corrected chi connectivity index (χ3v) is 10.1. The van der Waals surface area contributed by atoms with Crippen molar-refractivity contribution in [3.8, 4) is 22.3 Å². The van der Waals surface area contributed by atoms with Crippen LogP contribution in [0, 0.1) is 0 Å². The van der Waals surface area contributed by atoms with Gasteiger partial charge in [-0.25, -0.2) is 0 Å². The molecule has 216 valence electrons. The van der Waals surface area contributed by atoms with Gasteiger partial charge in [-0.2, -0.15) is 0 Å². The molecule has 0 fully saturated rings. The van der Waals surface area contributed by atoms with Crippen LogP contribution in [0.2, 0.25) is 0 Å². The number of thiophene rings is 1. The lowest BCUT2D eigenvalue weighted by Gasteiger charge is -2.27. The minimum atomic E-state index is 1.14. The summed E-state index contributed by atoms with van der Waals surface area (Å²) in [5.41, 5.74) is 8.35. The van der Waals surface area contributed by atoms with Gasteiger partial charge in [-0.1, -0.05) is 115 Å². The molecule has 0 aliphatic rings. The van der Waals surface area contributed by atoms with E-state index in [1.165, 1.54) is 69.7 Å². The number of hydrogen-bond acceptors (Lipinski definition) is 2. The Morgan fingerprint density at radius 3 is 1.65 bits per heavy atom. The predicted molar refractivity (Wildman–Crippen MR) is 200 cm³/mol. The molecule has 1 nitrogen and oxygen atoms in total. The smallest absolute Gasteiger partial charge is 0.0554 e. The van der Waals surface area contributed by atoms with Crippen molar-refractivity contribution in [1.82, 2.24) is 0 Å². The van der Waals surface area contributed by atoms with Crippen molar-refractivity contribution in [1.29, 1.82) is 0 Å². The molecule has 46 heavy (non-hydrogen) atoms. The second-order valence-electron chi connectivity index (χ2n) is 11.8. The molecule has 9 aromatic rings. The Balaban J connectivity index is 1.13. The normalized spacial score (nSPS) is 11.5. The Kier molecular flexibility index (Phi) is 6.40. The Hall–Kier alpha value is -5.70. The largest absolute Gasteiger partial charge is 0.310 e. The van der Waals surface area contributed by atoms with Crippen molar-refractivity contribution < 1.29 is 0 Å². The van der Waals surface area contributed by atoms with Crippen LogP contribution in [0.25, 0.3) is 64.0 Å². The molecular weight excluding hydrogens is 575 g/mol. The average molecular weight is 604 g/mol. The average Bonchev–Trinajstić information content (AvgIpc) is 3.51. The van der Waals surface area contributed by atoms with E-state index in [4.69, 9.17) is 0 Å². The topological polar surface area (TPSA) is 3.24 Å². The number of anilines is 3. The number of hydrogen-bond donors (Lipinski definition) is 0. The lowest BCUT2D eigenvalue weighted by molar-refractivity contribution is 1.30. The van der Waals surface area contributed by atoms with Crippen molar-refractivity contribution >= 4 is 70.1 Å². The monoisotopic (exact) mass is 603 g/mol. The van der Waals surface area contributed by atoms with E-state index < -0.39 is 0 Å². The minimum Gasteiger partial charge on any atom is -0.310 e. The summed E-state index contributed by atoms with van der Waals surface area (Å²) < 4.78 is 2.61. The number of nitrogens with zero attached hydrogens (tertiary/aromatic N) is 1. The van der Waals surface area contributed by atoms with Crippen molar-refractivity contribution in [3.63, 3.8) is 0 Å². The summed E-state index contributed by atoms with van der Waals surface area (Å²) in [6, 6.07) is 64.0. The Labute approximate surface area is 272 Å². The van der Waals surface area contributed by atoms with Gasteiger partial charge in [-0.05, 0) is 104 Å². The molecule has 1 heterocycles. The maximum Gasteiger partial charge on any atom is 0.0554 e. The van der Waals surface area contributed by atoms with Crippen LogP contribution in [0.15, 0.2) is 176 Å². The fourth-order valence-corrected chi connectivity index (χ4v) is 7.87. The molecule has 9 rings (SSSR count). The number of rotatable bonds is 5. The highest BCUT2D eigenvalue weighted by molar-refractivity contribution is 7.26. The van der Waals surface area contributed by atoms with Gasteiger partial charge >= 0.3 is 0 Å². The Morgan fingerprint density at radius 2 is 0.891 bits per heavy atom. The second kappa shape index (κ2) is 11.0. The van der Waals surface area contributed by atoms with E-state index in [1.54, 1.807) is 0 Å². The molecule has 0 amide bonds. The zero-order chi connectivity index (χ0) is 30.5. The molecule has 8 aromatic carbocycles. The first-order valence-corrected chi connectivity index (χ1v) is 16.5. The summed E-state index contributed by atoms with van der Waals surface area (Å²) in [5, 5.41) is 7.61. The quantitative estimate of drug-likeness (QED) is 0.189. The molecule has 0 aliphatic carbocycles. The van der Waals surface area contributed by atoms with Crippen LogP contribution < -0.4 is 4.90 Å². The van der Waals surface area contributed by atoms with E-state index in [1.807, 2.05) is 11.3 Å². The molecule has 0 radical (unpaired) electrons. The molecule has 0 bridgehead atoms. The lowest BCUT2D eigenvalue weighted by Crippen LogP contribution is -2.10. The Morgan fingerprint density at radius 1 is 0.348 bits per heavy atom. The zero-order valence-electron chi connectivity index (χ0n) is 25.1. The van der Waals surface area contributed by atoms with Crippen LogP contribution >= 0.6 is 11.3 Å². The number of para-hydroxylation sites is 1. The summed E-state index contributed by atoms with van der Waals surface area (Å²) in [4.78, 5) is 2.40. The highest BCUT2D eigenvalue weighted by Crippen LogP contribution is 2.45. The predicted octanol–water partition coefficient (Wildman–Crippen LogP) is 13.2. The van der Waals surface area contributed by atoms with Gasteiger partial charge in [0.1, 0.15) is 0 Å². The van der Waals surface area contributed by atoms with Crippen molar-refractivity contribution in [2.24, 2.45) is 0 Å². The molecule has 0 atom stereocenters. The first-order chi connectivity index (χ1) is 22.8. The van der Waals surface area contributed by atoms with Crippen LogP contribution in [0.5, 0.6) is 0 Å². The molecule has 0 aliphatic heterocycles. The van der Waals surface area contributed by atoms with Crippen LogP contribution in [0.1, 0.15) is 0 Å². The van der Waals surface area contributed by atoms with Gasteiger partial charge in [0, 0.05) is 31.5 Å². The maximum absolute atomic E-state index is 2.40. The highest BCUT2D eigenvalue weighted by Gasteiger charge is 2.18. The van der Waals surface area contributed by atoms with Crippen LogP contribution in [-0.2, 0) is 0 Å². The van der Waals surface area contributed by atoms with Gasteiger partial charge in [0.05, 0.1) is 5.69 Å². The summed E-state index contributed by atoms with van der Waals surface area (Å²) >= 11 is 1.86. The third kappa shape index (κ3) is 4.63. The van der Waals surface area contributed by atoms with E-state index in [-0.39, 0.29) is 0 Å². The van der Waals surface area contributed by atoms with Gasteiger partial charge in [0.25, 0.3) is 0 Å². The first-order valence-electron chi connectivity index (χ1n) is 15.7. The van der Waals surface area contributed by atoms with Crippen LogP contribution in [0.4, 0.5) is 17.1 Å². The molecule has 1 aromatic heterocycles. The van der Waals surface area contributed by atoms with Crippen molar-refractivity contribution in [2.75, 3.05) is 4.90 Å². The molecular formula is C44H29NS. The lowest BCUT2D eigenvalue weighted by atomic mass is 9.96. The summed E-state index contributed by atoms with van der Waals surface area (Å²) in [6.07, 6.45) is 0. The van der Waals surface area contributed by atoms with Crippen LogP contribution in [-0.4, -0.2) is 0 Å². The molecule has 0 unspecified atom stereocenters. The first kappa shape index (κ1) is 26.7. The molecule has 0 saturated carbocycles. The number of fused-ring (bicyclic) bond motifs is 5. The SMILES string of the molecule is c1ccc(N(c2cccc(-c3ccc4cc(-c5ccc6ccccc6c5)ccc4c3)c2)c2cccc3sc4ccccc4c23)cc1. The van der Waals surface area contributed by atoms with E-state index in [0.717, 1.165) is 11.4 Å². The van der Waals surface area contributed by atoms with Gasteiger partial charge in [-0.15, -0.1) is 11.3 Å². The molecule has 0 N–H and O–H groups in total. The highest BCUT2D eigenvalue weighted by atomic mass is 32.1. The van der Waals surface area contributed by atoms with E-state index in [0.29, 0.717) is 0 Å². The molecule has 0 spiro atoms. The molecule has 2 heteroatoms. The van der Waals surface area contributed by atoms with E-state index in [2.05, 4.69) is 181 Å². The summed E-state index contributed by atoms with van der Waals surface area (Å²) in [6.45, 7) is 0. The number of benzene rings is 8. The van der Waals surface area contributed by atoms with Crippen molar-refractivity contribution in [2.45, 2.75) is 0 Å². The van der Waals surface area contributed by atoms with Crippen molar-refractivity contribution in [3.05, 3.63) is 176 Å². The zero-order valence-corrected chi connectivity index (χ0v) is 25.9. The Bertz CT molecular complexity index is 2540.